The summed E-state index contributed by atoms with van der Waals surface area (Å²) in [6.45, 7) is 13.4. The molecule has 0 nitrogen and oxygen atoms in total. The Labute approximate surface area is 123 Å². The van der Waals surface area contributed by atoms with Crippen LogP contribution in [0.3, 0.4) is 0 Å². The van der Waals surface area contributed by atoms with E-state index in [1.54, 1.807) is 0 Å². The summed E-state index contributed by atoms with van der Waals surface area (Å²) in [7, 11) is 0. The zero-order valence-electron chi connectivity index (χ0n) is 13.6. The Hall–Kier alpha value is -1.56. The van der Waals surface area contributed by atoms with E-state index in [1.807, 2.05) is 0 Å². The SMILES string of the molecule is Cc1cc(C(C)C)ccc1-c1ccc(C(C)C)cc1C. The average molecular weight is 266 g/mol. The van der Waals surface area contributed by atoms with Gasteiger partial charge in [-0.15, -0.1) is 0 Å². The molecule has 2 aromatic carbocycles. The van der Waals surface area contributed by atoms with Crippen molar-refractivity contribution >= 4 is 0 Å². The zero-order chi connectivity index (χ0) is 14.9. The van der Waals surface area contributed by atoms with Crippen LogP contribution >= 0.6 is 0 Å². The highest BCUT2D eigenvalue weighted by Gasteiger charge is 2.09. The van der Waals surface area contributed by atoms with E-state index in [4.69, 9.17) is 0 Å². The van der Waals surface area contributed by atoms with Gasteiger partial charge in [0.1, 0.15) is 0 Å². The fourth-order valence-electron chi connectivity index (χ4n) is 2.70. The molecule has 0 spiro atoms. The quantitative estimate of drug-likeness (QED) is 0.619. The molecule has 0 saturated carbocycles. The maximum atomic E-state index is 2.33. The Balaban J connectivity index is 2.46. The lowest BCUT2D eigenvalue weighted by Gasteiger charge is -2.15. The Morgan fingerprint density at radius 1 is 0.600 bits per heavy atom. The van der Waals surface area contributed by atoms with Gasteiger partial charge in [-0.05, 0) is 59.1 Å². The van der Waals surface area contributed by atoms with E-state index in [0.717, 1.165) is 0 Å². The minimum Gasteiger partial charge on any atom is -0.0587 e. The normalized spacial score (nSPS) is 11.4. The predicted octanol–water partition coefficient (Wildman–Crippen LogP) is 6.22. The van der Waals surface area contributed by atoms with Gasteiger partial charge >= 0.3 is 0 Å². The van der Waals surface area contributed by atoms with Gasteiger partial charge in [0, 0.05) is 0 Å². The average Bonchev–Trinajstić information content (AvgIpc) is 2.38. The molecule has 0 heteroatoms. The summed E-state index contributed by atoms with van der Waals surface area (Å²) in [6, 6.07) is 13.8. The van der Waals surface area contributed by atoms with Gasteiger partial charge in [-0.3, -0.25) is 0 Å². The Morgan fingerprint density at radius 2 is 0.950 bits per heavy atom. The van der Waals surface area contributed by atoms with Crippen LogP contribution in [0.2, 0.25) is 0 Å². The molecule has 0 N–H and O–H groups in total. The highest BCUT2D eigenvalue weighted by molar-refractivity contribution is 5.71. The molecular formula is C20H26. The van der Waals surface area contributed by atoms with Crippen molar-refractivity contribution in [2.75, 3.05) is 0 Å². The third kappa shape index (κ3) is 2.95. The van der Waals surface area contributed by atoms with Crippen LogP contribution in [-0.2, 0) is 0 Å². The highest BCUT2D eigenvalue weighted by atomic mass is 14.1. The molecular weight excluding hydrogens is 240 g/mol. The van der Waals surface area contributed by atoms with Crippen molar-refractivity contribution in [3.05, 3.63) is 58.7 Å². The molecule has 2 aromatic rings. The van der Waals surface area contributed by atoms with Crippen molar-refractivity contribution in [1.29, 1.82) is 0 Å². The molecule has 20 heavy (non-hydrogen) atoms. The molecule has 0 atom stereocenters. The molecule has 106 valence electrons. The van der Waals surface area contributed by atoms with Crippen LogP contribution in [0, 0.1) is 13.8 Å². The van der Waals surface area contributed by atoms with Crippen molar-refractivity contribution in [3.8, 4) is 11.1 Å². The third-order valence-corrected chi connectivity index (χ3v) is 4.12. The van der Waals surface area contributed by atoms with Gasteiger partial charge in [0.25, 0.3) is 0 Å². The molecule has 0 amide bonds. The monoisotopic (exact) mass is 266 g/mol. The molecule has 0 fully saturated rings. The number of rotatable bonds is 3. The third-order valence-electron chi connectivity index (χ3n) is 4.12. The fourth-order valence-corrected chi connectivity index (χ4v) is 2.70. The topological polar surface area (TPSA) is 0 Å². The molecule has 0 aliphatic rings. The molecule has 0 heterocycles. The van der Waals surface area contributed by atoms with Gasteiger partial charge in [0.15, 0.2) is 0 Å². The second-order valence-electron chi connectivity index (χ2n) is 6.46. The fraction of sp³-hybridized carbons (Fsp3) is 0.400. The van der Waals surface area contributed by atoms with Crippen molar-refractivity contribution in [1.82, 2.24) is 0 Å². The Morgan fingerprint density at radius 3 is 1.20 bits per heavy atom. The van der Waals surface area contributed by atoms with E-state index in [9.17, 15) is 0 Å². The smallest absolute Gasteiger partial charge is 0.0152 e. The molecule has 0 aromatic heterocycles. The molecule has 2 rings (SSSR count). The minimum absolute atomic E-state index is 0.590. The first-order valence-corrected chi connectivity index (χ1v) is 7.61. The van der Waals surface area contributed by atoms with Gasteiger partial charge in [0.05, 0.1) is 0 Å². The van der Waals surface area contributed by atoms with Crippen LogP contribution in [0.15, 0.2) is 36.4 Å². The van der Waals surface area contributed by atoms with E-state index in [1.165, 1.54) is 33.4 Å². The van der Waals surface area contributed by atoms with Crippen LogP contribution in [0.25, 0.3) is 11.1 Å². The molecule has 0 aliphatic carbocycles. The zero-order valence-corrected chi connectivity index (χ0v) is 13.6. The standard InChI is InChI=1S/C20H26/c1-13(2)17-7-9-19(15(5)11-17)20-10-8-18(14(3)4)12-16(20)6/h7-14H,1-6H3. The molecule has 0 unspecified atom stereocenters. The van der Waals surface area contributed by atoms with Crippen LogP contribution in [0.5, 0.6) is 0 Å². The molecule has 0 saturated heterocycles. The number of hydrogen-bond acceptors (Lipinski definition) is 0. The van der Waals surface area contributed by atoms with E-state index >= 15 is 0 Å². The second kappa shape index (κ2) is 5.83. The first kappa shape index (κ1) is 14.8. The van der Waals surface area contributed by atoms with Crippen LogP contribution < -0.4 is 0 Å². The first-order valence-electron chi connectivity index (χ1n) is 7.61. The van der Waals surface area contributed by atoms with E-state index in [0.29, 0.717) is 11.8 Å². The van der Waals surface area contributed by atoms with Crippen molar-refractivity contribution in [3.63, 3.8) is 0 Å². The summed E-state index contributed by atoms with van der Waals surface area (Å²) < 4.78 is 0. The van der Waals surface area contributed by atoms with Gasteiger partial charge < -0.3 is 0 Å². The minimum atomic E-state index is 0.590. The number of hydrogen-bond donors (Lipinski definition) is 0. The van der Waals surface area contributed by atoms with Crippen molar-refractivity contribution in [2.45, 2.75) is 53.4 Å². The Kier molecular flexibility index (Phi) is 4.32. The lowest BCUT2D eigenvalue weighted by molar-refractivity contribution is 0.864. The van der Waals surface area contributed by atoms with E-state index < -0.39 is 0 Å². The molecule has 0 radical (unpaired) electrons. The van der Waals surface area contributed by atoms with Crippen LogP contribution in [0.4, 0.5) is 0 Å². The van der Waals surface area contributed by atoms with E-state index in [-0.39, 0.29) is 0 Å². The van der Waals surface area contributed by atoms with Gasteiger partial charge in [-0.1, -0.05) is 64.1 Å². The predicted molar refractivity (Wildman–Crippen MR) is 89.5 cm³/mol. The lowest BCUT2D eigenvalue weighted by atomic mass is 9.90. The first-order chi connectivity index (χ1) is 9.40. The number of benzene rings is 2. The second-order valence-corrected chi connectivity index (χ2v) is 6.46. The van der Waals surface area contributed by atoms with Crippen molar-refractivity contribution in [2.24, 2.45) is 0 Å². The Bertz CT molecular complexity index is 548. The number of aryl methyl sites for hydroxylation is 2. The summed E-state index contributed by atoms with van der Waals surface area (Å²) in [5.74, 6) is 1.18. The summed E-state index contributed by atoms with van der Waals surface area (Å²) in [4.78, 5) is 0. The maximum absolute atomic E-state index is 2.33. The summed E-state index contributed by atoms with van der Waals surface area (Å²) >= 11 is 0. The largest absolute Gasteiger partial charge is 0.0587 e. The van der Waals surface area contributed by atoms with Gasteiger partial charge in [-0.25, -0.2) is 0 Å². The maximum Gasteiger partial charge on any atom is -0.0152 e. The summed E-state index contributed by atoms with van der Waals surface area (Å²) in [5.41, 5.74) is 8.31. The molecule has 0 bridgehead atoms. The van der Waals surface area contributed by atoms with Gasteiger partial charge in [-0.2, -0.15) is 0 Å². The van der Waals surface area contributed by atoms with E-state index in [2.05, 4.69) is 77.9 Å². The summed E-state index contributed by atoms with van der Waals surface area (Å²) in [6.07, 6.45) is 0. The lowest BCUT2D eigenvalue weighted by Crippen LogP contribution is -1.94. The van der Waals surface area contributed by atoms with Crippen LogP contribution in [-0.4, -0.2) is 0 Å². The highest BCUT2D eigenvalue weighted by Crippen LogP contribution is 2.30. The van der Waals surface area contributed by atoms with Gasteiger partial charge in [0.2, 0.25) is 0 Å². The van der Waals surface area contributed by atoms with Crippen molar-refractivity contribution < 1.29 is 0 Å². The summed E-state index contributed by atoms with van der Waals surface area (Å²) in [5, 5.41) is 0. The van der Waals surface area contributed by atoms with Crippen LogP contribution in [0.1, 0.15) is 61.8 Å². The molecule has 0 aliphatic heterocycles.